The Hall–Kier alpha value is -2.15. The van der Waals surface area contributed by atoms with Gasteiger partial charge >= 0.3 is 0 Å². The maximum atomic E-state index is 5.31. The molecular formula is C17H19N5OS. The van der Waals surface area contributed by atoms with Crippen LogP contribution in [0.25, 0.3) is 5.69 Å². The number of rotatable bonds is 7. The Bertz CT molecular complexity index is 810. The highest BCUT2D eigenvalue weighted by Gasteiger charge is 2.31. The minimum Gasteiger partial charge on any atom is -0.338 e. The second kappa shape index (κ2) is 6.76. The second-order valence-electron chi connectivity index (χ2n) is 5.93. The predicted octanol–water partition coefficient (Wildman–Crippen LogP) is 3.77. The molecule has 4 rings (SSSR count). The molecule has 0 spiro atoms. The van der Waals surface area contributed by atoms with Crippen LogP contribution in [0.3, 0.4) is 0 Å². The lowest BCUT2D eigenvalue weighted by molar-refractivity contribution is 0.384. The molecule has 2 aromatic heterocycles. The van der Waals surface area contributed by atoms with Gasteiger partial charge in [0.25, 0.3) is 0 Å². The minimum absolute atomic E-state index is 0.534. The standard InChI is InChI=1S/C17H19N5OS/c1-2-6-14-18-15(23-21-14)11-24-17-20-19-16(12-9-10-12)22(17)13-7-4-3-5-8-13/h3-5,7-8,12H,2,6,9-11H2,1H3. The van der Waals surface area contributed by atoms with Crippen molar-refractivity contribution in [2.45, 2.75) is 49.4 Å². The normalized spacial score (nSPS) is 14.2. The molecule has 1 aliphatic rings. The molecule has 0 aliphatic heterocycles. The van der Waals surface area contributed by atoms with E-state index in [-0.39, 0.29) is 0 Å². The van der Waals surface area contributed by atoms with Gasteiger partial charge in [-0.2, -0.15) is 4.98 Å². The van der Waals surface area contributed by atoms with Crippen molar-refractivity contribution in [3.8, 4) is 5.69 Å². The number of nitrogens with zero attached hydrogens (tertiary/aromatic N) is 5. The van der Waals surface area contributed by atoms with E-state index < -0.39 is 0 Å². The fraction of sp³-hybridized carbons (Fsp3) is 0.412. The summed E-state index contributed by atoms with van der Waals surface area (Å²) in [5.74, 6) is 3.61. The van der Waals surface area contributed by atoms with Gasteiger partial charge < -0.3 is 4.52 Å². The van der Waals surface area contributed by atoms with Crippen molar-refractivity contribution in [3.05, 3.63) is 47.9 Å². The molecule has 6 nitrogen and oxygen atoms in total. The summed E-state index contributed by atoms with van der Waals surface area (Å²) >= 11 is 1.59. The number of aromatic nitrogens is 5. The number of para-hydroxylation sites is 1. The molecule has 0 radical (unpaired) electrons. The van der Waals surface area contributed by atoms with Gasteiger partial charge in [0.1, 0.15) is 5.82 Å². The zero-order valence-electron chi connectivity index (χ0n) is 13.6. The van der Waals surface area contributed by atoms with Crippen LogP contribution in [0.4, 0.5) is 0 Å². The highest BCUT2D eigenvalue weighted by Crippen LogP contribution is 2.41. The lowest BCUT2D eigenvalue weighted by atomic mass is 10.3. The second-order valence-corrected chi connectivity index (χ2v) is 6.87. The fourth-order valence-corrected chi connectivity index (χ4v) is 3.40. The summed E-state index contributed by atoms with van der Waals surface area (Å²) in [4.78, 5) is 4.42. The van der Waals surface area contributed by atoms with Gasteiger partial charge in [0.15, 0.2) is 11.0 Å². The maximum absolute atomic E-state index is 5.31. The van der Waals surface area contributed by atoms with Crippen molar-refractivity contribution >= 4 is 11.8 Å². The molecule has 0 bridgehead atoms. The van der Waals surface area contributed by atoms with E-state index in [0.717, 1.165) is 35.3 Å². The third-order valence-electron chi connectivity index (χ3n) is 3.92. The monoisotopic (exact) mass is 341 g/mol. The quantitative estimate of drug-likeness (QED) is 0.609. The summed E-state index contributed by atoms with van der Waals surface area (Å²) < 4.78 is 7.47. The molecule has 0 atom stereocenters. The van der Waals surface area contributed by atoms with Gasteiger partial charge in [-0.15, -0.1) is 10.2 Å². The average molecular weight is 341 g/mol. The molecule has 1 saturated carbocycles. The van der Waals surface area contributed by atoms with Crippen LogP contribution in [0.1, 0.15) is 49.6 Å². The summed E-state index contributed by atoms with van der Waals surface area (Å²) in [6, 6.07) is 10.3. The lowest BCUT2D eigenvalue weighted by Crippen LogP contribution is -2.01. The van der Waals surface area contributed by atoms with Crippen LogP contribution in [-0.2, 0) is 12.2 Å². The van der Waals surface area contributed by atoms with Gasteiger partial charge in [-0.3, -0.25) is 4.57 Å². The van der Waals surface area contributed by atoms with Gasteiger partial charge in [0, 0.05) is 18.0 Å². The van der Waals surface area contributed by atoms with E-state index in [1.807, 2.05) is 18.2 Å². The van der Waals surface area contributed by atoms with Crippen LogP contribution in [-0.4, -0.2) is 24.9 Å². The van der Waals surface area contributed by atoms with Crippen molar-refractivity contribution in [2.24, 2.45) is 0 Å². The molecule has 2 heterocycles. The van der Waals surface area contributed by atoms with E-state index in [1.54, 1.807) is 11.8 Å². The van der Waals surface area contributed by atoms with Crippen molar-refractivity contribution < 1.29 is 4.52 Å². The highest BCUT2D eigenvalue weighted by atomic mass is 32.2. The molecule has 0 unspecified atom stereocenters. The van der Waals surface area contributed by atoms with Crippen LogP contribution in [0.2, 0.25) is 0 Å². The van der Waals surface area contributed by atoms with Crippen molar-refractivity contribution in [3.63, 3.8) is 0 Å². The molecule has 1 aliphatic carbocycles. The van der Waals surface area contributed by atoms with Crippen LogP contribution < -0.4 is 0 Å². The lowest BCUT2D eigenvalue weighted by Gasteiger charge is -2.08. The van der Waals surface area contributed by atoms with E-state index >= 15 is 0 Å². The Morgan fingerprint density at radius 3 is 2.79 bits per heavy atom. The predicted molar refractivity (Wildman–Crippen MR) is 91.2 cm³/mol. The fourth-order valence-electron chi connectivity index (χ4n) is 2.60. The Balaban J connectivity index is 1.56. The molecular weight excluding hydrogens is 322 g/mol. The van der Waals surface area contributed by atoms with E-state index in [2.05, 4.69) is 44.0 Å². The van der Waals surface area contributed by atoms with Gasteiger partial charge in [-0.05, 0) is 31.4 Å². The van der Waals surface area contributed by atoms with Crippen molar-refractivity contribution in [1.82, 2.24) is 24.9 Å². The van der Waals surface area contributed by atoms with Gasteiger partial charge in [0.05, 0.1) is 5.75 Å². The van der Waals surface area contributed by atoms with E-state index in [0.29, 0.717) is 17.6 Å². The smallest absolute Gasteiger partial charge is 0.237 e. The first-order valence-electron chi connectivity index (χ1n) is 8.30. The van der Waals surface area contributed by atoms with Crippen LogP contribution in [0.15, 0.2) is 40.0 Å². The molecule has 0 saturated heterocycles. The van der Waals surface area contributed by atoms with Crippen molar-refractivity contribution in [1.29, 1.82) is 0 Å². The third kappa shape index (κ3) is 3.21. The van der Waals surface area contributed by atoms with E-state index in [4.69, 9.17) is 4.52 Å². The van der Waals surface area contributed by atoms with E-state index in [1.165, 1.54) is 12.8 Å². The molecule has 0 N–H and O–H groups in total. The molecule has 24 heavy (non-hydrogen) atoms. The largest absolute Gasteiger partial charge is 0.338 e. The number of aryl methyl sites for hydroxylation is 1. The number of hydrogen-bond donors (Lipinski definition) is 0. The van der Waals surface area contributed by atoms with E-state index in [9.17, 15) is 0 Å². The Morgan fingerprint density at radius 2 is 2.04 bits per heavy atom. The highest BCUT2D eigenvalue weighted by molar-refractivity contribution is 7.98. The summed E-state index contributed by atoms with van der Waals surface area (Å²) in [5, 5.41) is 13.7. The Morgan fingerprint density at radius 1 is 1.21 bits per heavy atom. The third-order valence-corrected chi connectivity index (χ3v) is 4.84. The van der Waals surface area contributed by atoms with Gasteiger partial charge in [0.2, 0.25) is 5.89 Å². The molecule has 7 heteroatoms. The first-order valence-corrected chi connectivity index (χ1v) is 9.28. The Labute approximate surface area is 144 Å². The average Bonchev–Trinajstić information content (AvgIpc) is 3.21. The molecule has 124 valence electrons. The maximum Gasteiger partial charge on any atom is 0.237 e. The zero-order chi connectivity index (χ0) is 16.4. The first kappa shape index (κ1) is 15.4. The number of benzene rings is 1. The first-order chi connectivity index (χ1) is 11.8. The SMILES string of the molecule is CCCc1noc(CSc2nnc(C3CC3)n2-c2ccccc2)n1. The molecule has 0 amide bonds. The summed E-state index contributed by atoms with van der Waals surface area (Å²) in [7, 11) is 0. The van der Waals surface area contributed by atoms with Gasteiger partial charge in [-0.25, -0.2) is 0 Å². The van der Waals surface area contributed by atoms with Crippen LogP contribution >= 0.6 is 11.8 Å². The van der Waals surface area contributed by atoms with Gasteiger partial charge in [-0.1, -0.05) is 42.0 Å². The molecule has 3 aromatic rings. The zero-order valence-corrected chi connectivity index (χ0v) is 14.4. The topological polar surface area (TPSA) is 69.6 Å². The summed E-state index contributed by atoms with van der Waals surface area (Å²) in [6.07, 6.45) is 4.25. The van der Waals surface area contributed by atoms with Crippen LogP contribution in [0.5, 0.6) is 0 Å². The number of thioether (sulfide) groups is 1. The minimum atomic E-state index is 0.534. The molecule has 1 aromatic carbocycles. The number of hydrogen-bond acceptors (Lipinski definition) is 6. The van der Waals surface area contributed by atoms with Crippen molar-refractivity contribution in [2.75, 3.05) is 0 Å². The summed E-state index contributed by atoms with van der Waals surface area (Å²) in [6.45, 7) is 2.10. The van der Waals surface area contributed by atoms with Crippen LogP contribution in [0, 0.1) is 0 Å². The Kier molecular flexibility index (Phi) is 4.34. The summed E-state index contributed by atoms with van der Waals surface area (Å²) in [5.41, 5.74) is 1.10. The molecule has 1 fully saturated rings.